The van der Waals surface area contributed by atoms with Gasteiger partial charge in [0.25, 0.3) is 0 Å². The molecule has 3 nitrogen and oxygen atoms in total. The van der Waals surface area contributed by atoms with E-state index >= 15 is 0 Å². The quantitative estimate of drug-likeness (QED) is 0.581. The maximum atomic E-state index is 10.6. The summed E-state index contributed by atoms with van der Waals surface area (Å²) in [6.07, 6.45) is 2.37. The van der Waals surface area contributed by atoms with Crippen molar-refractivity contribution in [2.75, 3.05) is 18.8 Å². The first-order valence-electron chi connectivity index (χ1n) is 3.62. The Kier molecular flexibility index (Phi) is 3.31. The Morgan fingerprint density at radius 3 is 3.00 bits per heavy atom. The van der Waals surface area contributed by atoms with E-state index in [4.69, 9.17) is 5.14 Å². The lowest BCUT2D eigenvalue weighted by Gasteiger charge is -2.20. The van der Waals surface area contributed by atoms with Crippen molar-refractivity contribution in [2.24, 2.45) is 11.1 Å². The Bertz CT molecular complexity index is 123. The molecule has 1 saturated heterocycles. The second-order valence-electron chi connectivity index (χ2n) is 2.76. The van der Waals surface area contributed by atoms with Crippen molar-refractivity contribution in [1.29, 1.82) is 0 Å². The zero-order chi connectivity index (χ0) is 7.40. The molecule has 0 aromatic heterocycles. The summed E-state index contributed by atoms with van der Waals surface area (Å²) in [5.74, 6) is 1.20. The van der Waals surface area contributed by atoms with Gasteiger partial charge in [-0.3, -0.25) is 5.14 Å². The molecule has 0 aliphatic carbocycles. The van der Waals surface area contributed by atoms with Crippen molar-refractivity contribution in [3.8, 4) is 0 Å². The van der Waals surface area contributed by atoms with Crippen molar-refractivity contribution < 1.29 is 4.21 Å². The molecular formula is C6H14N2OS. The summed E-state index contributed by atoms with van der Waals surface area (Å²) in [7, 11) is -1.10. The normalized spacial score (nSPS) is 29.9. The van der Waals surface area contributed by atoms with Gasteiger partial charge in [0, 0.05) is 5.75 Å². The van der Waals surface area contributed by atoms with Gasteiger partial charge in [0.1, 0.15) is 0 Å². The maximum absolute atomic E-state index is 10.6. The first kappa shape index (κ1) is 8.17. The molecule has 4 heteroatoms. The topological polar surface area (TPSA) is 55.1 Å². The fourth-order valence-corrected chi connectivity index (χ4v) is 2.05. The summed E-state index contributed by atoms with van der Waals surface area (Å²) < 4.78 is 10.6. The van der Waals surface area contributed by atoms with Crippen molar-refractivity contribution in [2.45, 2.75) is 12.8 Å². The number of hydrogen-bond acceptors (Lipinski definition) is 2. The van der Waals surface area contributed by atoms with E-state index in [0.29, 0.717) is 11.7 Å². The van der Waals surface area contributed by atoms with Crippen molar-refractivity contribution in [3.63, 3.8) is 0 Å². The molecule has 0 aromatic carbocycles. The highest BCUT2D eigenvalue weighted by molar-refractivity contribution is 7.82. The molecule has 1 unspecified atom stereocenters. The Labute approximate surface area is 64.0 Å². The molecule has 60 valence electrons. The number of rotatable bonds is 2. The molecule has 0 radical (unpaired) electrons. The molecule has 0 saturated carbocycles. The highest BCUT2D eigenvalue weighted by atomic mass is 32.2. The fraction of sp³-hybridized carbons (Fsp3) is 1.00. The van der Waals surface area contributed by atoms with Crippen molar-refractivity contribution >= 4 is 11.0 Å². The second kappa shape index (κ2) is 4.05. The SMILES string of the molecule is N[S@](=O)CC1CCCNC1. The summed E-state index contributed by atoms with van der Waals surface area (Å²) in [5, 5.41) is 8.42. The Balaban J connectivity index is 2.19. The average Bonchev–Trinajstić information content (AvgIpc) is 1.88. The van der Waals surface area contributed by atoms with Crippen LogP contribution in [0.2, 0.25) is 0 Å². The average molecular weight is 162 g/mol. The summed E-state index contributed by atoms with van der Waals surface area (Å²) in [6.45, 7) is 2.09. The smallest absolute Gasteiger partial charge is 0.0891 e. The van der Waals surface area contributed by atoms with E-state index in [9.17, 15) is 4.21 Å². The minimum Gasteiger partial charge on any atom is -0.316 e. The maximum Gasteiger partial charge on any atom is 0.0891 e. The van der Waals surface area contributed by atoms with Crippen LogP contribution in [0.3, 0.4) is 0 Å². The minimum absolute atomic E-state index is 0.541. The molecule has 1 aliphatic heterocycles. The van der Waals surface area contributed by atoms with Crippen LogP contribution in [-0.2, 0) is 11.0 Å². The van der Waals surface area contributed by atoms with Gasteiger partial charge in [-0.15, -0.1) is 0 Å². The molecule has 10 heavy (non-hydrogen) atoms. The minimum atomic E-state index is -1.10. The van der Waals surface area contributed by atoms with E-state index in [-0.39, 0.29) is 0 Å². The third kappa shape index (κ3) is 2.77. The summed E-state index contributed by atoms with van der Waals surface area (Å²) in [4.78, 5) is 0. The van der Waals surface area contributed by atoms with E-state index in [1.54, 1.807) is 0 Å². The number of nitrogens with one attached hydrogen (secondary N) is 1. The molecule has 0 amide bonds. The molecule has 1 rings (SSSR count). The Morgan fingerprint density at radius 1 is 1.70 bits per heavy atom. The number of nitrogens with two attached hydrogens (primary N) is 1. The zero-order valence-electron chi connectivity index (χ0n) is 6.01. The van der Waals surface area contributed by atoms with Crippen LogP contribution in [0.1, 0.15) is 12.8 Å². The van der Waals surface area contributed by atoms with E-state index in [1.807, 2.05) is 0 Å². The van der Waals surface area contributed by atoms with Crippen LogP contribution in [0.5, 0.6) is 0 Å². The molecule has 2 atom stereocenters. The predicted octanol–water partition coefficient (Wildman–Crippen LogP) is -0.392. The summed E-state index contributed by atoms with van der Waals surface area (Å²) >= 11 is 0. The summed E-state index contributed by atoms with van der Waals surface area (Å²) in [6, 6.07) is 0. The first-order chi connectivity index (χ1) is 4.79. The molecule has 1 aliphatic rings. The van der Waals surface area contributed by atoms with E-state index < -0.39 is 11.0 Å². The third-order valence-corrected chi connectivity index (χ3v) is 2.60. The fourth-order valence-electron chi connectivity index (χ4n) is 1.30. The van der Waals surface area contributed by atoms with Crippen LogP contribution in [0, 0.1) is 5.92 Å². The van der Waals surface area contributed by atoms with Gasteiger partial charge < -0.3 is 5.32 Å². The van der Waals surface area contributed by atoms with Crippen LogP contribution >= 0.6 is 0 Å². The summed E-state index contributed by atoms with van der Waals surface area (Å²) in [5.41, 5.74) is 0. The van der Waals surface area contributed by atoms with Gasteiger partial charge in [0.2, 0.25) is 0 Å². The lowest BCUT2D eigenvalue weighted by atomic mass is 10.0. The van der Waals surface area contributed by atoms with Gasteiger partial charge in [-0.25, -0.2) is 4.21 Å². The van der Waals surface area contributed by atoms with Gasteiger partial charge in [-0.05, 0) is 31.8 Å². The Hall–Kier alpha value is 0.0700. The zero-order valence-corrected chi connectivity index (χ0v) is 6.82. The molecule has 0 aromatic rings. The van der Waals surface area contributed by atoms with E-state index in [0.717, 1.165) is 13.1 Å². The molecular weight excluding hydrogens is 148 g/mol. The second-order valence-corrected chi connectivity index (χ2v) is 3.85. The molecule has 1 fully saturated rings. The monoisotopic (exact) mass is 162 g/mol. The lowest BCUT2D eigenvalue weighted by molar-refractivity contribution is 0.408. The van der Waals surface area contributed by atoms with Gasteiger partial charge >= 0.3 is 0 Å². The van der Waals surface area contributed by atoms with E-state index in [2.05, 4.69) is 5.32 Å². The largest absolute Gasteiger partial charge is 0.316 e. The van der Waals surface area contributed by atoms with Crippen LogP contribution in [0.25, 0.3) is 0 Å². The number of piperidine rings is 1. The van der Waals surface area contributed by atoms with Crippen LogP contribution in [0.4, 0.5) is 0 Å². The predicted molar refractivity (Wildman–Crippen MR) is 42.8 cm³/mol. The van der Waals surface area contributed by atoms with Crippen LogP contribution < -0.4 is 10.5 Å². The Morgan fingerprint density at radius 2 is 2.50 bits per heavy atom. The van der Waals surface area contributed by atoms with Crippen LogP contribution in [-0.4, -0.2) is 23.1 Å². The lowest BCUT2D eigenvalue weighted by Crippen LogP contribution is -2.33. The van der Waals surface area contributed by atoms with Crippen LogP contribution in [0.15, 0.2) is 0 Å². The van der Waals surface area contributed by atoms with Gasteiger partial charge in [0.15, 0.2) is 0 Å². The highest BCUT2D eigenvalue weighted by Crippen LogP contribution is 2.09. The van der Waals surface area contributed by atoms with Gasteiger partial charge in [-0.1, -0.05) is 0 Å². The standard InChI is InChI=1S/C6H14N2OS/c7-10(9)5-6-2-1-3-8-4-6/h6,8H,1-5,7H2/t6?,10-/m1/s1. The van der Waals surface area contributed by atoms with Gasteiger partial charge in [0.05, 0.1) is 11.0 Å². The first-order valence-corrected chi connectivity index (χ1v) is 5.00. The third-order valence-electron chi connectivity index (χ3n) is 1.80. The molecule has 1 heterocycles. The molecule has 0 spiro atoms. The highest BCUT2D eigenvalue weighted by Gasteiger charge is 2.13. The number of hydrogen-bond donors (Lipinski definition) is 2. The van der Waals surface area contributed by atoms with Gasteiger partial charge in [-0.2, -0.15) is 0 Å². The molecule has 0 bridgehead atoms. The van der Waals surface area contributed by atoms with Crippen molar-refractivity contribution in [1.82, 2.24) is 5.32 Å². The van der Waals surface area contributed by atoms with E-state index in [1.165, 1.54) is 12.8 Å². The van der Waals surface area contributed by atoms with Crippen molar-refractivity contribution in [3.05, 3.63) is 0 Å². The molecule has 3 N–H and O–H groups in total.